The third-order valence-corrected chi connectivity index (χ3v) is 5.63. The Morgan fingerprint density at radius 2 is 1.68 bits per heavy atom. The van der Waals surface area contributed by atoms with Crippen LogP contribution in [-0.4, -0.2) is 27.5 Å². The molecule has 0 saturated heterocycles. The average Bonchev–Trinajstić information content (AvgIpc) is 3.07. The summed E-state index contributed by atoms with van der Waals surface area (Å²) < 4.78 is 43.9. The number of carbonyl (C=O) groups is 2. The van der Waals surface area contributed by atoms with Crippen molar-refractivity contribution in [2.75, 3.05) is 5.32 Å². The second kappa shape index (κ2) is 8.49. The van der Waals surface area contributed by atoms with Crippen molar-refractivity contribution in [2.24, 2.45) is 0 Å². The lowest BCUT2D eigenvalue weighted by molar-refractivity contribution is -0.200. The summed E-state index contributed by atoms with van der Waals surface area (Å²) in [5.41, 5.74) is -6.62. The molecule has 12 heteroatoms. The Bertz CT molecular complexity index is 1380. The van der Waals surface area contributed by atoms with Crippen molar-refractivity contribution in [1.82, 2.24) is 14.9 Å². The Balaban J connectivity index is 1.82. The zero-order chi connectivity index (χ0) is 24.7. The van der Waals surface area contributed by atoms with E-state index in [1.54, 1.807) is 40.6 Å². The first-order valence-electron chi connectivity index (χ1n) is 9.93. The molecule has 34 heavy (non-hydrogen) atoms. The first-order valence-corrected chi connectivity index (χ1v) is 10.3. The molecule has 3 aromatic rings. The highest BCUT2D eigenvalue weighted by Gasteiger charge is 2.68. The average molecular weight is 493 g/mol. The molecule has 0 unspecified atom stereocenters. The molecule has 2 heterocycles. The minimum Gasteiger partial charge on any atom is -0.330 e. The van der Waals surface area contributed by atoms with Crippen LogP contribution in [0.3, 0.4) is 0 Å². The SMILES string of the molecule is O=C(CCc1ccccc1)N[C@@]1(C(F)(F)F)C(=O)Nc2c1c(=O)[nH]c(=O)n2-c1ccc(Cl)cc1. The molecule has 0 aliphatic carbocycles. The fraction of sp³-hybridized carbons (Fsp3) is 0.182. The molecule has 176 valence electrons. The smallest absolute Gasteiger partial charge is 0.330 e. The van der Waals surface area contributed by atoms with Gasteiger partial charge in [0.1, 0.15) is 11.4 Å². The summed E-state index contributed by atoms with van der Waals surface area (Å²) in [6.45, 7) is 0. The second-order valence-corrected chi connectivity index (χ2v) is 7.97. The summed E-state index contributed by atoms with van der Waals surface area (Å²) >= 11 is 5.83. The fourth-order valence-electron chi connectivity index (χ4n) is 3.79. The number of carbonyl (C=O) groups excluding carboxylic acids is 2. The van der Waals surface area contributed by atoms with Gasteiger partial charge in [0, 0.05) is 11.4 Å². The molecule has 0 saturated carbocycles. The summed E-state index contributed by atoms with van der Waals surface area (Å²) in [7, 11) is 0. The predicted molar refractivity (Wildman–Crippen MR) is 117 cm³/mol. The molecule has 1 aromatic heterocycles. The topological polar surface area (TPSA) is 113 Å². The molecule has 0 radical (unpaired) electrons. The van der Waals surface area contributed by atoms with Gasteiger partial charge in [-0.25, -0.2) is 9.36 Å². The molecule has 0 fully saturated rings. The summed E-state index contributed by atoms with van der Waals surface area (Å²) in [6, 6.07) is 13.9. The van der Waals surface area contributed by atoms with E-state index in [9.17, 15) is 32.3 Å². The number of alkyl halides is 3. The van der Waals surface area contributed by atoms with Crippen LogP contribution in [0.15, 0.2) is 64.2 Å². The number of aromatic nitrogens is 2. The number of aryl methyl sites for hydroxylation is 1. The highest BCUT2D eigenvalue weighted by Crippen LogP contribution is 2.45. The number of fused-ring (bicyclic) bond motifs is 1. The minimum absolute atomic E-state index is 0.0376. The Hall–Kier alpha value is -3.86. The van der Waals surface area contributed by atoms with E-state index >= 15 is 0 Å². The zero-order valence-corrected chi connectivity index (χ0v) is 18.0. The monoisotopic (exact) mass is 492 g/mol. The molecule has 3 N–H and O–H groups in total. The number of rotatable bonds is 5. The first kappa shape index (κ1) is 23.3. The second-order valence-electron chi connectivity index (χ2n) is 7.53. The van der Waals surface area contributed by atoms with Crippen LogP contribution in [-0.2, 0) is 21.5 Å². The molecule has 1 atom stereocenters. The Kier molecular flexibility index (Phi) is 5.82. The lowest BCUT2D eigenvalue weighted by Gasteiger charge is -2.30. The molecule has 1 aliphatic rings. The third-order valence-electron chi connectivity index (χ3n) is 5.38. The van der Waals surface area contributed by atoms with Crippen LogP contribution < -0.4 is 21.9 Å². The van der Waals surface area contributed by atoms with Gasteiger partial charge in [-0.1, -0.05) is 41.9 Å². The van der Waals surface area contributed by atoms with E-state index in [1.165, 1.54) is 24.3 Å². The molecule has 4 rings (SSSR count). The number of nitrogens with one attached hydrogen (secondary N) is 3. The minimum atomic E-state index is -5.40. The van der Waals surface area contributed by atoms with Crippen LogP contribution in [0.5, 0.6) is 0 Å². The highest BCUT2D eigenvalue weighted by atomic mass is 35.5. The van der Waals surface area contributed by atoms with Crippen molar-refractivity contribution in [3.05, 3.63) is 91.6 Å². The van der Waals surface area contributed by atoms with E-state index < -0.39 is 46.2 Å². The predicted octanol–water partition coefficient (Wildman–Crippen LogP) is 2.64. The molecular weight excluding hydrogens is 477 g/mol. The largest absolute Gasteiger partial charge is 0.425 e. The van der Waals surface area contributed by atoms with E-state index in [0.29, 0.717) is 10.1 Å². The van der Waals surface area contributed by atoms with Crippen molar-refractivity contribution in [3.63, 3.8) is 0 Å². The number of benzene rings is 2. The van der Waals surface area contributed by atoms with Crippen LogP contribution in [0.2, 0.25) is 5.02 Å². The van der Waals surface area contributed by atoms with Crippen LogP contribution in [0, 0.1) is 0 Å². The summed E-state index contributed by atoms with van der Waals surface area (Å²) in [5.74, 6) is -3.50. The van der Waals surface area contributed by atoms with Gasteiger partial charge in [0.25, 0.3) is 11.5 Å². The van der Waals surface area contributed by atoms with Crippen LogP contribution >= 0.6 is 11.6 Å². The number of aromatic amines is 1. The lowest BCUT2D eigenvalue weighted by Crippen LogP contribution is -2.62. The summed E-state index contributed by atoms with van der Waals surface area (Å²) in [6.07, 6.45) is -5.67. The van der Waals surface area contributed by atoms with Gasteiger partial charge in [0.05, 0.1) is 5.69 Å². The number of H-pyrrole nitrogens is 1. The van der Waals surface area contributed by atoms with E-state index in [1.807, 2.05) is 5.32 Å². The molecule has 0 bridgehead atoms. The normalized spacial score (nSPS) is 17.2. The molecule has 1 aliphatic heterocycles. The Morgan fingerprint density at radius 1 is 1.03 bits per heavy atom. The summed E-state index contributed by atoms with van der Waals surface area (Å²) in [5, 5.41) is 3.99. The van der Waals surface area contributed by atoms with E-state index in [-0.39, 0.29) is 23.6 Å². The zero-order valence-electron chi connectivity index (χ0n) is 17.2. The molecule has 2 aromatic carbocycles. The van der Waals surface area contributed by atoms with E-state index in [2.05, 4.69) is 0 Å². The number of anilines is 1. The maximum Gasteiger partial charge on any atom is 0.425 e. The van der Waals surface area contributed by atoms with Gasteiger partial charge in [-0.2, -0.15) is 13.2 Å². The quantitative estimate of drug-likeness (QED) is 0.508. The van der Waals surface area contributed by atoms with Crippen molar-refractivity contribution in [2.45, 2.75) is 24.6 Å². The van der Waals surface area contributed by atoms with Gasteiger partial charge in [0.2, 0.25) is 11.4 Å². The van der Waals surface area contributed by atoms with Gasteiger partial charge in [-0.05, 0) is 36.2 Å². The van der Waals surface area contributed by atoms with E-state index in [0.717, 1.165) is 0 Å². The fourth-order valence-corrected chi connectivity index (χ4v) is 3.91. The molecule has 2 amide bonds. The van der Waals surface area contributed by atoms with Gasteiger partial charge in [0.15, 0.2) is 0 Å². The van der Waals surface area contributed by atoms with Crippen molar-refractivity contribution in [3.8, 4) is 5.69 Å². The lowest BCUT2D eigenvalue weighted by atomic mass is 9.91. The third kappa shape index (κ3) is 3.87. The Morgan fingerprint density at radius 3 is 2.29 bits per heavy atom. The van der Waals surface area contributed by atoms with Gasteiger partial charge in [-0.3, -0.25) is 19.4 Å². The summed E-state index contributed by atoms with van der Waals surface area (Å²) in [4.78, 5) is 52.2. The molecular formula is C22H16ClF3N4O4. The van der Waals surface area contributed by atoms with Crippen molar-refractivity contribution in [1.29, 1.82) is 0 Å². The number of nitrogens with zero attached hydrogens (tertiary/aromatic N) is 1. The van der Waals surface area contributed by atoms with Crippen LogP contribution in [0.25, 0.3) is 5.69 Å². The number of amides is 2. The maximum absolute atomic E-state index is 14.4. The van der Waals surface area contributed by atoms with Gasteiger partial charge in [-0.15, -0.1) is 0 Å². The van der Waals surface area contributed by atoms with Crippen LogP contribution in [0.4, 0.5) is 19.0 Å². The van der Waals surface area contributed by atoms with Gasteiger partial charge < -0.3 is 10.6 Å². The molecule has 8 nitrogen and oxygen atoms in total. The number of halogens is 4. The Labute approximate surface area is 194 Å². The van der Waals surface area contributed by atoms with Crippen LogP contribution in [0.1, 0.15) is 17.5 Å². The highest BCUT2D eigenvalue weighted by molar-refractivity contribution is 6.30. The van der Waals surface area contributed by atoms with Gasteiger partial charge >= 0.3 is 11.9 Å². The molecule has 0 spiro atoms. The van der Waals surface area contributed by atoms with Crippen molar-refractivity contribution < 1.29 is 22.8 Å². The van der Waals surface area contributed by atoms with E-state index in [4.69, 9.17) is 11.6 Å². The number of hydrogen-bond donors (Lipinski definition) is 3. The first-order chi connectivity index (χ1) is 16.0. The maximum atomic E-state index is 14.4. The van der Waals surface area contributed by atoms with Crippen molar-refractivity contribution >= 4 is 29.2 Å². The standard InChI is InChI=1S/C22H16ClF3N4O4/c23-13-7-9-14(10-8-13)30-17-16(18(32)28-20(30)34)21(19(33)27-17,22(24,25)26)29-15(31)11-6-12-4-2-1-3-5-12/h1-5,7-10H,6,11H2,(H,27,33)(H,29,31)(H,28,32,34)/t21-/m1/s1. The number of hydrogen-bond acceptors (Lipinski definition) is 4.